The third-order valence-corrected chi connectivity index (χ3v) is 7.44. The zero-order valence-electron chi connectivity index (χ0n) is 22.9. The van der Waals surface area contributed by atoms with E-state index < -0.39 is 11.6 Å². The van der Waals surface area contributed by atoms with Crippen LogP contribution in [0.3, 0.4) is 0 Å². The molecule has 2 amide bonds. The van der Waals surface area contributed by atoms with Crippen molar-refractivity contribution in [2.24, 2.45) is 0 Å². The van der Waals surface area contributed by atoms with E-state index in [4.69, 9.17) is 27.9 Å². The smallest absolute Gasteiger partial charge is 0.261 e. The fourth-order valence-electron chi connectivity index (χ4n) is 4.06. The van der Waals surface area contributed by atoms with Crippen LogP contribution in [0.4, 0.5) is 0 Å². The van der Waals surface area contributed by atoms with Crippen molar-refractivity contribution in [3.63, 3.8) is 0 Å². The summed E-state index contributed by atoms with van der Waals surface area (Å²) in [6, 6.07) is 19.9. The number of carbonyl (C=O) groups excluding carboxylic acids is 2. The molecule has 1 N–H and O–H groups in total. The highest BCUT2D eigenvalue weighted by Crippen LogP contribution is 2.29. The van der Waals surface area contributed by atoms with E-state index in [-0.39, 0.29) is 25.0 Å². The molecule has 5 nitrogen and oxygen atoms in total. The zero-order chi connectivity index (χ0) is 28.7. The molecule has 0 saturated carbocycles. The van der Waals surface area contributed by atoms with Gasteiger partial charge in [-0.05, 0) is 83.6 Å². The molecule has 0 aliphatic rings. The van der Waals surface area contributed by atoms with E-state index >= 15 is 0 Å². The SMILES string of the molecule is CC(C)c1ccc(OCC(=O)N(Cc2ccc(Cl)c(Cl)c2)[C@@H](Cc2ccccc2)C(=O)NC(C)(C)C)c(Br)c1. The minimum absolute atomic E-state index is 0.154. The van der Waals surface area contributed by atoms with Crippen LogP contribution >= 0.6 is 39.1 Å². The number of amides is 2. The summed E-state index contributed by atoms with van der Waals surface area (Å²) in [4.78, 5) is 29.0. The number of carbonyl (C=O) groups is 2. The highest BCUT2D eigenvalue weighted by molar-refractivity contribution is 9.10. The van der Waals surface area contributed by atoms with Gasteiger partial charge in [0.15, 0.2) is 6.61 Å². The fourth-order valence-corrected chi connectivity index (χ4v) is 4.89. The normalized spacial score (nSPS) is 12.2. The van der Waals surface area contributed by atoms with Gasteiger partial charge in [-0.2, -0.15) is 0 Å². The van der Waals surface area contributed by atoms with Crippen LogP contribution in [0.5, 0.6) is 5.75 Å². The maximum absolute atomic E-state index is 13.8. The van der Waals surface area contributed by atoms with Crippen molar-refractivity contribution in [1.29, 1.82) is 0 Å². The lowest BCUT2D eigenvalue weighted by atomic mass is 10.0. The molecule has 0 fully saturated rings. The van der Waals surface area contributed by atoms with E-state index in [2.05, 4.69) is 35.1 Å². The first-order valence-electron chi connectivity index (χ1n) is 12.9. The first kappa shape index (κ1) is 31.0. The predicted octanol–water partition coefficient (Wildman–Crippen LogP) is 7.81. The van der Waals surface area contributed by atoms with Gasteiger partial charge in [0.2, 0.25) is 5.91 Å². The summed E-state index contributed by atoms with van der Waals surface area (Å²) < 4.78 is 6.73. The number of ether oxygens (including phenoxy) is 1. The molecule has 3 aromatic rings. The van der Waals surface area contributed by atoms with Gasteiger partial charge < -0.3 is 15.0 Å². The van der Waals surface area contributed by atoms with Gasteiger partial charge in [0.05, 0.1) is 14.5 Å². The maximum atomic E-state index is 13.8. The molecule has 3 aromatic carbocycles. The Bertz CT molecular complexity index is 1290. The molecule has 0 bridgehead atoms. The van der Waals surface area contributed by atoms with E-state index in [1.807, 2.05) is 69.3 Å². The molecule has 208 valence electrons. The second-order valence-electron chi connectivity index (χ2n) is 10.8. The Morgan fingerprint density at radius 2 is 1.64 bits per heavy atom. The molecule has 0 spiro atoms. The number of nitrogens with one attached hydrogen (secondary N) is 1. The Morgan fingerprint density at radius 3 is 2.23 bits per heavy atom. The molecule has 8 heteroatoms. The molecular formula is C31H35BrCl2N2O3. The number of hydrogen-bond acceptors (Lipinski definition) is 3. The average molecular weight is 634 g/mol. The lowest BCUT2D eigenvalue weighted by Gasteiger charge is -2.34. The zero-order valence-corrected chi connectivity index (χ0v) is 26.0. The van der Waals surface area contributed by atoms with Gasteiger partial charge in [-0.1, -0.05) is 79.5 Å². The Labute approximate surface area is 250 Å². The molecule has 0 heterocycles. The molecule has 3 rings (SSSR count). The van der Waals surface area contributed by atoms with E-state index in [9.17, 15) is 9.59 Å². The van der Waals surface area contributed by atoms with Crippen LogP contribution < -0.4 is 10.1 Å². The van der Waals surface area contributed by atoms with Gasteiger partial charge in [0.25, 0.3) is 5.91 Å². The van der Waals surface area contributed by atoms with Crippen LogP contribution in [0.15, 0.2) is 71.2 Å². The van der Waals surface area contributed by atoms with Gasteiger partial charge in [-0.3, -0.25) is 9.59 Å². The lowest BCUT2D eigenvalue weighted by Crippen LogP contribution is -2.55. The first-order valence-corrected chi connectivity index (χ1v) is 14.4. The summed E-state index contributed by atoms with van der Waals surface area (Å²) in [6.45, 7) is 9.88. The third-order valence-electron chi connectivity index (χ3n) is 6.08. The van der Waals surface area contributed by atoms with Crippen LogP contribution in [-0.2, 0) is 22.6 Å². The number of hydrogen-bond donors (Lipinski definition) is 1. The van der Waals surface area contributed by atoms with Crippen molar-refractivity contribution in [3.8, 4) is 5.75 Å². The molecule has 39 heavy (non-hydrogen) atoms. The van der Waals surface area contributed by atoms with Crippen molar-refractivity contribution in [2.75, 3.05) is 6.61 Å². The van der Waals surface area contributed by atoms with Gasteiger partial charge in [-0.25, -0.2) is 0 Å². The Hall–Kier alpha value is -2.54. The predicted molar refractivity (Wildman–Crippen MR) is 163 cm³/mol. The number of rotatable bonds is 10. The van der Waals surface area contributed by atoms with E-state index in [1.54, 1.807) is 23.1 Å². The minimum atomic E-state index is -0.788. The maximum Gasteiger partial charge on any atom is 0.261 e. The summed E-state index contributed by atoms with van der Waals surface area (Å²) in [6.07, 6.45) is 0.336. The number of halogens is 3. The standard InChI is InChI=1S/C31H35BrCl2N2O3/c1-20(2)23-12-14-28(24(32)17-23)39-19-29(37)36(18-22-11-13-25(33)26(34)15-22)27(30(38)35-31(3,4)5)16-21-9-7-6-8-10-21/h6-15,17,20,27H,16,18-19H2,1-5H3,(H,35,38)/t27-/m0/s1. The summed E-state index contributed by atoms with van der Waals surface area (Å²) in [5, 5.41) is 3.85. The fraction of sp³-hybridized carbons (Fsp3) is 0.355. The van der Waals surface area contributed by atoms with Gasteiger partial charge in [0.1, 0.15) is 11.8 Å². The van der Waals surface area contributed by atoms with Crippen LogP contribution in [0.25, 0.3) is 0 Å². The Morgan fingerprint density at radius 1 is 0.949 bits per heavy atom. The molecule has 0 aliphatic heterocycles. The van der Waals surface area contributed by atoms with Gasteiger partial charge in [0, 0.05) is 18.5 Å². The Balaban J connectivity index is 1.95. The molecule has 0 aliphatic carbocycles. The van der Waals surface area contributed by atoms with Gasteiger partial charge >= 0.3 is 0 Å². The largest absolute Gasteiger partial charge is 0.483 e. The highest BCUT2D eigenvalue weighted by Gasteiger charge is 2.32. The Kier molecular flexibility index (Phi) is 10.9. The second-order valence-corrected chi connectivity index (χ2v) is 12.5. The van der Waals surface area contributed by atoms with Crippen molar-refractivity contribution in [1.82, 2.24) is 10.2 Å². The second kappa shape index (κ2) is 13.7. The van der Waals surface area contributed by atoms with Crippen LogP contribution in [-0.4, -0.2) is 34.9 Å². The summed E-state index contributed by atoms with van der Waals surface area (Å²) in [5.74, 6) is 0.341. The summed E-state index contributed by atoms with van der Waals surface area (Å²) >= 11 is 16.0. The number of benzene rings is 3. The van der Waals surface area contributed by atoms with E-state index in [0.717, 1.165) is 21.2 Å². The minimum Gasteiger partial charge on any atom is -0.483 e. The molecule has 1 atom stereocenters. The van der Waals surface area contributed by atoms with Crippen molar-refractivity contribution < 1.29 is 14.3 Å². The summed E-state index contributed by atoms with van der Waals surface area (Å²) in [7, 11) is 0. The highest BCUT2D eigenvalue weighted by atomic mass is 79.9. The topological polar surface area (TPSA) is 58.6 Å². The first-order chi connectivity index (χ1) is 18.3. The van der Waals surface area contributed by atoms with Crippen LogP contribution in [0, 0.1) is 0 Å². The summed E-state index contributed by atoms with van der Waals surface area (Å²) in [5.41, 5.74) is 2.36. The van der Waals surface area contributed by atoms with Crippen molar-refractivity contribution in [3.05, 3.63) is 97.9 Å². The molecule has 0 saturated heterocycles. The number of nitrogens with zero attached hydrogens (tertiary/aromatic N) is 1. The third kappa shape index (κ3) is 9.26. The molecule has 0 radical (unpaired) electrons. The van der Waals surface area contributed by atoms with Gasteiger partial charge in [-0.15, -0.1) is 0 Å². The quantitative estimate of drug-likeness (QED) is 0.248. The average Bonchev–Trinajstić information content (AvgIpc) is 2.86. The molecule has 0 aromatic heterocycles. The van der Waals surface area contributed by atoms with Crippen LogP contribution in [0.2, 0.25) is 10.0 Å². The van der Waals surface area contributed by atoms with E-state index in [0.29, 0.717) is 28.1 Å². The molecular weight excluding hydrogens is 599 g/mol. The molecule has 0 unspecified atom stereocenters. The lowest BCUT2D eigenvalue weighted by molar-refractivity contribution is -0.143. The van der Waals surface area contributed by atoms with Crippen molar-refractivity contribution >= 4 is 50.9 Å². The van der Waals surface area contributed by atoms with Crippen molar-refractivity contribution in [2.45, 2.75) is 65.1 Å². The van der Waals surface area contributed by atoms with Crippen LogP contribution in [0.1, 0.15) is 57.2 Å². The monoisotopic (exact) mass is 632 g/mol. The van der Waals surface area contributed by atoms with E-state index in [1.165, 1.54) is 0 Å².